The minimum Gasteiger partial charge on any atom is -0.354 e. The van der Waals surface area contributed by atoms with Crippen molar-refractivity contribution in [3.05, 3.63) is 24.7 Å². The molecule has 0 aliphatic carbocycles. The summed E-state index contributed by atoms with van der Waals surface area (Å²) in [6.45, 7) is 5.09. The molecule has 0 aromatic carbocycles. The number of rotatable bonds is 3. The number of aryl methyl sites for hydroxylation is 1. The fourth-order valence-corrected chi connectivity index (χ4v) is 2.34. The molecular formula is C13H19N7. The van der Waals surface area contributed by atoms with E-state index < -0.39 is 0 Å². The van der Waals surface area contributed by atoms with E-state index in [0.717, 1.165) is 31.1 Å². The topological polar surface area (TPSA) is 70.9 Å². The molecule has 106 valence electrons. The van der Waals surface area contributed by atoms with Crippen LogP contribution in [0.1, 0.15) is 6.92 Å². The van der Waals surface area contributed by atoms with Crippen LogP contribution >= 0.6 is 0 Å². The first-order valence-electron chi connectivity index (χ1n) is 6.78. The van der Waals surface area contributed by atoms with Crippen molar-refractivity contribution in [1.29, 1.82) is 0 Å². The van der Waals surface area contributed by atoms with Crippen LogP contribution in [0.4, 0.5) is 17.5 Å². The summed E-state index contributed by atoms with van der Waals surface area (Å²) in [6.07, 6.45) is 5.43. The lowest BCUT2D eigenvalue weighted by molar-refractivity contribution is 0.482. The minimum absolute atomic E-state index is 0.480. The molecule has 1 saturated heterocycles. The summed E-state index contributed by atoms with van der Waals surface area (Å²) in [4.78, 5) is 11.1. The SMILES string of the molecule is C[C@H]1CN(c2ccnc(Nc3cnn(C)c3)n2)CCN1. The highest BCUT2D eigenvalue weighted by Crippen LogP contribution is 2.16. The largest absolute Gasteiger partial charge is 0.354 e. The Morgan fingerprint density at radius 2 is 2.35 bits per heavy atom. The van der Waals surface area contributed by atoms with Crippen LogP contribution in [-0.4, -0.2) is 45.4 Å². The number of nitrogens with zero attached hydrogens (tertiary/aromatic N) is 5. The highest BCUT2D eigenvalue weighted by atomic mass is 15.3. The molecule has 0 unspecified atom stereocenters. The van der Waals surface area contributed by atoms with Crippen LogP contribution in [0.15, 0.2) is 24.7 Å². The molecule has 0 spiro atoms. The Morgan fingerprint density at radius 1 is 1.45 bits per heavy atom. The van der Waals surface area contributed by atoms with Gasteiger partial charge in [-0.1, -0.05) is 0 Å². The monoisotopic (exact) mass is 273 g/mol. The van der Waals surface area contributed by atoms with Gasteiger partial charge in [0.1, 0.15) is 5.82 Å². The van der Waals surface area contributed by atoms with Crippen LogP contribution in [0.2, 0.25) is 0 Å². The molecule has 0 bridgehead atoms. The number of piperazine rings is 1. The van der Waals surface area contributed by atoms with Gasteiger partial charge in [-0.3, -0.25) is 4.68 Å². The van der Waals surface area contributed by atoms with Crippen molar-refractivity contribution in [1.82, 2.24) is 25.1 Å². The Hall–Kier alpha value is -2.15. The van der Waals surface area contributed by atoms with Crippen molar-refractivity contribution in [2.45, 2.75) is 13.0 Å². The molecule has 7 nitrogen and oxygen atoms in total. The maximum absolute atomic E-state index is 4.57. The van der Waals surface area contributed by atoms with Crippen molar-refractivity contribution in [3.63, 3.8) is 0 Å². The maximum Gasteiger partial charge on any atom is 0.229 e. The zero-order chi connectivity index (χ0) is 13.9. The van der Waals surface area contributed by atoms with Crippen LogP contribution in [0.3, 0.4) is 0 Å². The van der Waals surface area contributed by atoms with Crippen LogP contribution in [0, 0.1) is 0 Å². The van der Waals surface area contributed by atoms with Crippen molar-refractivity contribution >= 4 is 17.5 Å². The lowest BCUT2D eigenvalue weighted by atomic mass is 10.2. The second-order valence-corrected chi connectivity index (χ2v) is 5.07. The zero-order valence-corrected chi connectivity index (χ0v) is 11.7. The highest BCUT2D eigenvalue weighted by Gasteiger charge is 2.17. The summed E-state index contributed by atoms with van der Waals surface area (Å²) >= 11 is 0. The normalized spacial score (nSPS) is 19.1. The van der Waals surface area contributed by atoms with Crippen LogP contribution in [-0.2, 0) is 7.05 Å². The maximum atomic E-state index is 4.57. The third-order valence-corrected chi connectivity index (χ3v) is 3.29. The third kappa shape index (κ3) is 2.88. The molecule has 3 heterocycles. The van der Waals surface area contributed by atoms with E-state index in [4.69, 9.17) is 0 Å². The first kappa shape index (κ1) is 12.9. The number of hydrogen-bond acceptors (Lipinski definition) is 6. The average molecular weight is 273 g/mol. The van der Waals surface area contributed by atoms with E-state index in [1.54, 1.807) is 17.1 Å². The van der Waals surface area contributed by atoms with Gasteiger partial charge in [0.25, 0.3) is 0 Å². The number of anilines is 3. The molecule has 3 rings (SSSR count). The summed E-state index contributed by atoms with van der Waals surface area (Å²) in [5.41, 5.74) is 0.887. The summed E-state index contributed by atoms with van der Waals surface area (Å²) in [5, 5.41) is 10.7. The van der Waals surface area contributed by atoms with E-state index in [-0.39, 0.29) is 0 Å². The molecule has 1 atom stereocenters. The fourth-order valence-electron chi connectivity index (χ4n) is 2.34. The molecule has 0 saturated carbocycles. The van der Waals surface area contributed by atoms with Crippen molar-refractivity contribution in [3.8, 4) is 0 Å². The van der Waals surface area contributed by atoms with Crippen LogP contribution in [0.5, 0.6) is 0 Å². The van der Waals surface area contributed by atoms with Crippen molar-refractivity contribution in [2.75, 3.05) is 29.9 Å². The second-order valence-electron chi connectivity index (χ2n) is 5.07. The average Bonchev–Trinajstić information content (AvgIpc) is 2.84. The van der Waals surface area contributed by atoms with Crippen LogP contribution < -0.4 is 15.5 Å². The lowest BCUT2D eigenvalue weighted by Gasteiger charge is -2.32. The number of nitrogens with one attached hydrogen (secondary N) is 2. The smallest absolute Gasteiger partial charge is 0.229 e. The first-order chi connectivity index (χ1) is 9.70. The van der Waals surface area contributed by atoms with Gasteiger partial charge in [0, 0.05) is 45.1 Å². The highest BCUT2D eigenvalue weighted by molar-refractivity contribution is 5.53. The van der Waals surface area contributed by atoms with Gasteiger partial charge in [0.2, 0.25) is 5.95 Å². The molecule has 1 aliphatic heterocycles. The predicted molar refractivity (Wildman–Crippen MR) is 78.2 cm³/mol. The van der Waals surface area contributed by atoms with Gasteiger partial charge in [-0.15, -0.1) is 0 Å². The minimum atomic E-state index is 0.480. The Bertz CT molecular complexity index is 580. The quantitative estimate of drug-likeness (QED) is 0.860. The summed E-state index contributed by atoms with van der Waals surface area (Å²) in [7, 11) is 1.88. The Balaban J connectivity index is 1.75. The summed E-state index contributed by atoms with van der Waals surface area (Å²) < 4.78 is 1.74. The van der Waals surface area contributed by atoms with Gasteiger partial charge >= 0.3 is 0 Å². The van der Waals surface area contributed by atoms with Crippen molar-refractivity contribution in [2.24, 2.45) is 7.05 Å². The summed E-state index contributed by atoms with van der Waals surface area (Å²) in [6, 6.07) is 2.43. The van der Waals surface area contributed by atoms with E-state index in [2.05, 4.69) is 37.5 Å². The molecule has 20 heavy (non-hydrogen) atoms. The molecule has 1 fully saturated rings. The van der Waals surface area contributed by atoms with E-state index in [0.29, 0.717) is 12.0 Å². The van der Waals surface area contributed by atoms with Crippen molar-refractivity contribution < 1.29 is 0 Å². The molecular weight excluding hydrogens is 254 g/mol. The molecule has 0 amide bonds. The zero-order valence-electron chi connectivity index (χ0n) is 11.7. The van der Waals surface area contributed by atoms with E-state index in [1.165, 1.54) is 0 Å². The standard InChI is InChI=1S/C13H19N7/c1-10-8-20(6-5-14-10)12-3-4-15-13(18-12)17-11-7-16-19(2)9-11/h3-4,7,9-10,14H,5-6,8H2,1-2H3,(H,15,17,18)/t10-/m0/s1. The van der Waals surface area contributed by atoms with Gasteiger partial charge in [-0.2, -0.15) is 10.1 Å². The number of aromatic nitrogens is 4. The first-order valence-corrected chi connectivity index (χ1v) is 6.78. The van der Waals surface area contributed by atoms with Gasteiger partial charge in [0.15, 0.2) is 0 Å². The molecule has 2 aromatic rings. The Labute approximate surface area is 118 Å². The molecule has 0 radical (unpaired) electrons. The molecule has 7 heteroatoms. The fraction of sp³-hybridized carbons (Fsp3) is 0.462. The third-order valence-electron chi connectivity index (χ3n) is 3.29. The van der Waals surface area contributed by atoms with E-state index >= 15 is 0 Å². The Kier molecular flexibility index (Phi) is 3.51. The molecule has 2 N–H and O–H groups in total. The van der Waals surface area contributed by atoms with Gasteiger partial charge in [-0.05, 0) is 13.0 Å². The van der Waals surface area contributed by atoms with Gasteiger partial charge in [0.05, 0.1) is 11.9 Å². The number of hydrogen-bond donors (Lipinski definition) is 2. The van der Waals surface area contributed by atoms with Crippen LogP contribution in [0.25, 0.3) is 0 Å². The lowest BCUT2D eigenvalue weighted by Crippen LogP contribution is -2.49. The van der Waals surface area contributed by atoms with E-state index in [1.807, 2.05) is 19.3 Å². The predicted octanol–water partition coefficient (Wildman–Crippen LogP) is 0.752. The summed E-state index contributed by atoms with van der Waals surface area (Å²) in [5.74, 6) is 1.56. The van der Waals surface area contributed by atoms with Gasteiger partial charge in [-0.25, -0.2) is 4.98 Å². The van der Waals surface area contributed by atoms with E-state index in [9.17, 15) is 0 Å². The van der Waals surface area contributed by atoms with Gasteiger partial charge < -0.3 is 15.5 Å². The molecule has 2 aromatic heterocycles. The Morgan fingerprint density at radius 3 is 3.10 bits per heavy atom. The second kappa shape index (κ2) is 5.46. The molecule has 1 aliphatic rings.